The van der Waals surface area contributed by atoms with E-state index in [1.54, 1.807) is 13.8 Å². The Morgan fingerprint density at radius 3 is 2.06 bits per heavy atom. The lowest BCUT2D eigenvalue weighted by Crippen LogP contribution is -2.50. The van der Waals surface area contributed by atoms with Crippen molar-refractivity contribution in [2.24, 2.45) is 0 Å². The van der Waals surface area contributed by atoms with Crippen molar-refractivity contribution in [2.45, 2.75) is 52.2 Å². The van der Waals surface area contributed by atoms with Gasteiger partial charge < -0.3 is 9.47 Å². The van der Waals surface area contributed by atoms with Gasteiger partial charge in [-0.2, -0.15) is 0 Å². The van der Waals surface area contributed by atoms with Gasteiger partial charge in [0.25, 0.3) is 11.8 Å². The highest BCUT2D eigenvalue weighted by atomic mass is 16.5. The molecule has 3 unspecified atom stereocenters. The summed E-state index contributed by atoms with van der Waals surface area (Å²) in [7, 11) is 0. The second-order valence-electron chi connectivity index (χ2n) is 7.85. The first-order valence-corrected chi connectivity index (χ1v) is 10.9. The molecule has 2 amide bonds. The number of carbonyl (C=O) groups excluding carboxylic acids is 2. The third-order valence-electron chi connectivity index (χ3n) is 5.45. The highest BCUT2D eigenvalue weighted by Crippen LogP contribution is 2.29. The second-order valence-corrected chi connectivity index (χ2v) is 7.85. The van der Waals surface area contributed by atoms with E-state index in [1.165, 1.54) is 0 Å². The number of hydrazine groups is 1. The average molecular weight is 435 g/mol. The van der Waals surface area contributed by atoms with Gasteiger partial charge >= 0.3 is 0 Å². The van der Waals surface area contributed by atoms with E-state index in [1.807, 2.05) is 66.7 Å². The third kappa shape index (κ3) is 5.78. The molecule has 6 heteroatoms. The van der Waals surface area contributed by atoms with Crippen LogP contribution in [-0.4, -0.2) is 24.0 Å². The van der Waals surface area contributed by atoms with Crippen LogP contribution in [0.2, 0.25) is 0 Å². The molecule has 6 nitrogen and oxygen atoms in total. The minimum atomic E-state index is -0.793. The van der Waals surface area contributed by atoms with Crippen LogP contribution in [0.4, 0.5) is 0 Å². The zero-order valence-corrected chi connectivity index (χ0v) is 18.9. The van der Waals surface area contributed by atoms with Gasteiger partial charge in [0, 0.05) is 0 Å². The SMILES string of the molecule is CCC(C)c1ccccc1OC(C)C(=O)NNC(=O)C(C)Oc1ccc2ccccc2c1. The van der Waals surface area contributed by atoms with E-state index in [0.717, 1.165) is 22.8 Å². The lowest BCUT2D eigenvalue weighted by Gasteiger charge is -2.20. The second kappa shape index (κ2) is 10.7. The molecule has 0 fully saturated rings. The van der Waals surface area contributed by atoms with Crippen LogP contribution in [0.5, 0.6) is 11.5 Å². The first kappa shape index (κ1) is 23.1. The number of amides is 2. The summed E-state index contributed by atoms with van der Waals surface area (Å²) in [6, 6.07) is 21.2. The molecule has 0 bridgehead atoms. The zero-order chi connectivity index (χ0) is 23.1. The predicted molar refractivity (Wildman–Crippen MR) is 126 cm³/mol. The van der Waals surface area contributed by atoms with Crippen molar-refractivity contribution in [1.29, 1.82) is 0 Å². The molecule has 3 aromatic rings. The van der Waals surface area contributed by atoms with Crippen LogP contribution in [0.25, 0.3) is 10.8 Å². The highest BCUT2D eigenvalue weighted by molar-refractivity contribution is 5.87. The summed E-state index contributed by atoms with van der Waals surface area (Å²) >= 11 is 0. The molecule has 0 heterocycles. The fourth-order valence-corrected chi connectivity index (χ4v) is 3.28. The zero-order valence-electron chi connectivity index (χ0n) is 18.9. The molecule has 168 valence electrons. The maximum absolute atomic E-state index is 12.4. The molecule has 3 rings (SSSR count). The number of carbonyl (C=O) groups is 2. The van der Waals surface area contributed by atoms with Gasteiger partial charge in [-0.3, -0.25) is 20.4 Å². The van der Waals surface area contributed by atoms with Crippen molar-refractivity contribution in [3.05, 3.63) is 72.3 Å². The van der Waals surface area contributed by atoms with E-state index >= 15 is 0 Å². The minimum absolute atomic E-state index is 0.314. The normalized spacial score (nSPS) is 13.6. The molecule has 0 aromatic heterocycles. The van der Waals surface area contributed by atoms with Crippen molar-refractivity contribution in [2.75, 3.05) is 0 Å². The molecule has 0 spiro atoms. The Kier molecular flexibility index (Phi) is 7.71. The molecule has 3 atom stereocenters. The Labute approximate surface area is 188 Å². The maximum atomic E-state index is 12.4. The standard InChI is InChI=1S/C26H30N2O4/c1-5-17(2)23-12-8-9-13-24(23)32-19(4)26(30)28-27-25(29)18(3)31-22-15-14-20-10-6-7-11-21(20)16-22/h6-19H,5H2,1-4H3,(H,27,29)(H,28,30). The lowest BCUT2D eigenvalue weighted by molar-refractivity contribution is -0.135. The van der Waals surface area contributed by atoms with Crippen LogP contribution in [0.15, 0.2) is 66.7 Å². The number of para-hydroxylation sites is 1. The first-order valence-electron chi connectivity index (χ1n) is 10.9. The van der Waals surface area contributed by atoms with Crippen LogP contribution in [-0.2, 0) is 9.59 Å². The Hall–Kier alpha value is -3.54. The van der Waals surface area contributed by atoms with E-state index in [0.29, 0.717) is 17.4 Å². The third-order valence-corrected chi connectivity index (χ3v) is 5.45. The Morgan fingerprint density at radius 1 is 0.781 bits per heavy atom. The topological polar surface area (TPSA) is 76.7 Å². The van der Waals surface area contributed by atoms with Crippen LogP contribution in [0.3, 0.4) is 0 Å². The van der Waals surface area contributed by atoms with Gasteiger partial charge in [0.1, 0.15) is 11.5 Å². The predicted octanol–water partition coefficient (Wildman–Crippen LogP) is 4.74. The Morgan fingerprint density at radius 2 is 1.38 bits per heavy atom. The maximum Gasteiger partial charge on any atom is 0.279 e. The highest BCUT2D eigenvalue weighted by Gasteiger charge is 2.20. The fourth-order valence-electron chi connectivity index (χ4n) is 3.28. The summed E-state index contributed by atoms with van der Waals surface area (Å²) in [4.78, 5) is 24.8. The van der Waals surface area contributed by atoms with Gasteiger partial charge in [-0.25, -0.2) is 0 Å². The summed E-state index contributed by atoms with van der Waals surface area (Å²) in [5.41, 5.74) is 5.88. The lowest BCUT2D eigenvalue weighted by atomic mass is 9.98. The molecular weight excluding hydrogens is 404 g/mol. The number of ether oxygens (including phenoxy) is 2. The van der Waals surface area contributed by atoms with Gasteiger partial charge in [-0.05, 0) is 60.7 Å². The smallest absolute Gasteiger partial charge is 0.279 e. The van der Waals surface area contributed by atoms with Crippen molar-refractivity contribution >= 4 is 22.6 Å². The Bertz CT molecular complexity index is 1080. The van der Waals surface area contributed by atoms with Gasteiger partial charge in [-0.1, -0.05) is 62.4 Å². The van der Waals surface area contributed by atoms with Crippen LogP contribution in [0, 0.1) is 0 Å². The average Bonchev–Trinajstić information content (AvgIpc) is 2.81. The molecule has 0 aliphatic rings. The summed E-state index contributed by atoms with van der Waals surface area (Å²) in [5, 5.41) is 2.11. The molecule has 0 aliphatic heterocycles. The summed E-state index contributed by atoms with van der Waals surface area (Å²) < 4.78 is 11.6. The van der Waals surface area contributed by atoms with E-state index in [4.69, 9.17) is 9.47 Å². The number of rotatable bonds is 8. The van der Waals surface area contributed by atoms with Crippen molar-refractivity contribution in [3.63, 3.8) is 0 Å². The van der Waals surface area contributed by atoms with Gasteiger partial charge in [-0.15, -0.1) is 0 Å². The van der Waals surface area contributed by atoms with E-state index in [2.05, 4.69) is 24.7 Å². The molecule has 2 N–H and O–H groups in total. The number of benzene rings is 3. The number of nitrogens with one attached hydrogen (secondary N) is 2. The number of hydrogen-bond donors (Lipinski definition) is 2. The first-order chi connectivity index (χ1) is 15.4. The molecule has 0 saturated carbocycles. The molecule has 32 heavy (non-hydrogen) atoms. The molecule has 0 radical (unpaired) electrons. The Balaban J connectivity index is 1.52. The largest absolute Gasteiger partial charge is 0.481 e. The van der Waals surface area contributed by atoms with Crippen molar-refractivity contribution in [3.8, 4) is 11.5 Å². The minimum Gasteiger partial charge on any atom is -0.481 e. The van der Waals surface area contributed by atoms with Crippen molar-refractivity contribution < 1.29 is 19.1 Å². The quantitative estimate of drug-likeness (QED) is 0.502. The van der Waals surface area contributed by atoms with Crippen LogP contribution >= 0.6 is 0 Å². The monoisotopic (exact) mass is 434 g/mol. The van der Waals surface area contributed by atoms with Gasteiger partial charge in [0.05, 0.1) is 0 Å². The molecular formula is C26H30N2O4. The van der Waals surface area contributed by atoms with Crippen LogP contribution in [0.1, 0.15) is 45.6 Å². The summed E-state index contributed by atoms with van der Waals surface area (Å²) in [5.74, 6) is 0.656. The van der Waals surface area contributed by atoms with E-state index in [9.17, 15) is 9.59 Å². The fraction of sp³-hybridized carbons (Fsp3) is 0.308. The molecule has 0 aliphatic carbocycles. The summed E-state index contributed by atoms with van der Waals surface area (Å²) in [6.07, 6.45) is -0.609. The van der Waals surface area contributed by atoms with E-state index < -0.39 is 24.0 Å². The van der Waals surface area contributed by atoms with E-state index in [-0.39, 0.29) is 0 Å². The van der Waals surface area contributed by atoms with Crippen molar-refractivity contribution in [1.82, 2.24) is 10.9 Å². The summed E-state index contributed by atoms with van der Waals surface area (Å²) in [6.45, 7) is 7.49. The molecule has 3 aromatic carbocycles. The van der Waals surface area contributed by atoms with Crippen LogP contribution < -0.4 is 20.3 Å². The van der Waals surface area contributed by atoms with Gasteiger partial charge in [0.2, 0.25) is 0 Å². The van der Waals surface area contributed by atoms with Gasteiger partial charge in [0.15, 0.2) is 12.2 Å². The number of fused-ring (bicyclic) bond motifs is 1. The molecule has 0 saturated heterocycles. The number of hydrogen-bond acceptors (Lipinski definition) is 4.